The summed E-state index contributed by atoms with van der Waals surface area (Å²) in [5.41, 5.74) is -1.32. The second-order valence-corrected chi connectivity index (χ2v) is 5.41. The van der Waals surface area contributed by atoms with Gasteiger partial charge in [-0.05, 0) is 37.5 Å². The van der Waals surface area contributed by atoms with E-state index in [1.165, 1.54) is 0 Å². The van der Waals surface area contributed by atoms with Crippen molar-refractivity contribution >= 4 is 27.9 Å². The molecule has 0 saturated heterocycles. The Bertz CT molecular complexity index is 544. The molecule has 0 radical (unpaired) electrons. The standard InChI is InChI=1S/C16H17BrO4/c1-3-5-6-11-16(14(18)19,15(20)21-4-2)12-7-9-13(17)10-8-12/h1,7-10H,4-6,11H2,2H3,(H,18,19). The fourth-order valence-corrected chi connectivity index (χ4v) is 2.39. The van der Waals surface area contributed by atoms with Gasteiger partial charge in [-0.2, -0.15) is 0 Å². The Hall–Kier alpha value is -1.80. The number of carboxylic acids is 1. The molecule has 0 bridgehead atoms. The van der Waals surface area contributed by atoms with Crippen LogP contribution in [0, 0.1) is 12.3 Å². The van der Waals surface area contributed by atoms with Crippen LogP contribution in [0.3, 0.4) is 0 Å². The van der Waals surface area contributed by atoms with Crippen molar-refractivity contribution in [3.8, 4) is 12.3 Å². The zero-order chi connectivity index (χ0) is 15.9. The third kappa shape index (κ3) is 3.85. The normalized spacial score (nSPS) is 13.0. The summed E-state index contributed by atoms with van der Waals surface area (Å²) in [7, 11) is 0. The molecule has 0 heterocycles. The number of terminal acetylenes is 1. The van der Waals surface area contributed by atoms with E-state index in [2.05, 4.69) is 21.9 Å². The first-order valence-corrected chi connectivity index (χ1v) is 7.38. The summed E-state index contributed by atoms with van der Waals surface area (Å²) in [4.78, 5) is 24.2. The van der Waals surface area contributed by atoms with Crippen molar-refractivity contribution in [3.63, 3.8) is 0 Å². The molecule has 0 fully saturated rings. The van der Waals surface area contributed by atoms with E-state index in [1.807, 2.05) is 0 Å². The molecule has 0 aliphatic carbocycles. The molecule has 1 atom stereocenters. The number of aliphatic carboxylic acids is 1. The molecule has 5 heteroatoms. The van der Waals surface area contributed by atoms with Crippen molar-refractivity contribution in [2.45, 2.75) is 31.6 Å². The van der Waals surface area contributed by atoms with Crippen molar-refractivity contribution in [2.75, 3.05) is 6.61 Å². The number of carboxylic acid groups (broad SMARTS) is 1. The average molecular weight is 353 g/mol. The molecule has 21 heavy (non-hydrogen) atoms. The molecule has 1 rings (SSSR count). The second kappa shape index (κ2) is 7.84. The molecule has 0 aliphatic rings. The van der Waals surface area contributed by atoms with Crippen LogP contribution in [0.5, 0.6) is 0 Å². The van der Waals surface area contributed by atoms with Crippen LogP contribution in [0.1, 0.15) is 31.7 Å². The minimum absolute atomic E-state index is 0.104. The molecule has 4 nitrogen and oxygen atoms in total. The van der Waals surface area contributed by atoms with Gasteiger partial charge in [-0.25, -0.2) is 0 Å². The molecule has 0 saturated carbocycles. The molecule has 112 valence electrons. The predicted octanol–water partition coefficient (Wildman–Crippen LogP) is 3.14. The average Bonchev–Trinajstić information content (AvgIpc) is 2.45. The van der Waals surface area contributed by atoms with Crippen molar-refractivity contribution in [1.82, 2.24) is 0 Å². The van der Waals surface area contributed by atoms with Crippen molar-refractivity contribution in [3.05, 3.63) is 34.3 Å². The van der Waals surface area contributed by atoms with E-state index in [-0.39, 0.29) is 13.0 Å². The smallest absolute Gasteiger partial charge is 0.328 e. The van der Waals surface area contributed by atoms with E-state index in [4.69, 9.17) is 11.2 Å². The number of unbranched alkanes of at least 4 members (excludes halogenated alkanes) is 1. The summed E-state index contributed by atoms with van der Waals surface area (Å²) in [6.07, 6.45) is 6.15. The minimum atomic E-state index is -1.71. The van der Waals surface area contributed by atoms with Crippen molar-refractivity contribution in [2.24, 2.45) is 0 Å². The van der Waals surface area contributed by atoms with Gasteiger partial charge in [0.15, 0.2) is 5.41 Å². The number of carbonyl (C=O) groups excluding carboxylic acids is 1. The van der Waals surface area contributed by atoms with Gasteiger partial charge >= 0.3 is 11.9 Å². The molecule has 0 spiro atoms. The maximum atomic E-state index is 12.3. The number of benzene rings is 1. The van der Waals surface area contributed by atoms with Crippen LogP contribution in [0.2, 0.25) is 0 Å². The second-order valence-electron chi connectivity index (χ2n) is 4.50. The Morgan fingerprint density at radius 3 is 2.48 bits per heavy atom. The monoisotopic (exact) mass is 352 g/mol. The highest BCUT2D eigenvalue weighted by Gasteiger charge is 2.48. The molecule has 0 amide bonds. The zero-order valence-corrected chi connectivity index (χ0v) is 13.4. The number of ether oxygens (including phenoxy) is 1. The number of carbonyl (C=O) groups is 2. The Labute approximate surface area is 132 Å². The molecule has 1 aromatic rings. The summed E-state index contributed by atoms with van der Waals surface area (Å²) < 4.78 is 5.80. The lowest BCUT2D eigenvalue weighted by Crippen LogP contribution is -2.45. The third-order valence-electron chi connectivity index (χ3n) is 3.20. The number of hydrogen-bond acceptors (Lipinski definition) is 3. The minimum Gasteiger partial charge on any atom is -0.480 e. The lowest BCUT2D eigenvalue weighted by molar-refractivity contribution is -0.162. The van der Waals surface area contributed by atoms with E-state index < -0.39 is 17.4 Å². The number of halogens is 1. The van der Waals surface area contributed by atoms with Gasteiger partial charge in [0.2, 0.25) is 0 Å². The predicted molar refractivity (Wildman–Crippen MR) is 82.8 cm³/mol. The highest BCUT2D eigenvalue weighted by atomic mass is 79.9. The summed E-state index contributed by atoms with van der Waals surface area (Å²) in [6.45, 7) is 1.77. The highest BCUT2D eigenvalue weighted by molar-refractivity contribution is 9.10. The maximum Gasteiger partial charge on any atom is 0.328 e. The topological polar surface area (TPSA) is 63.6 Å². The van der Waals surface area contributed by atoms with Gasteiger partial charge in [-0.3, -0.25) is 9.59 Å². The maximum absolute atomic E-state index is 12.3. The third-order valence-corrected chi connectivity index (χ3v) is 3.73. The Balaban J connectivity index is 3.29. The van der Waals surface area contributed by atoms with E-state index in [0.29, 0.717) is 18.4 Å². The molecule has 1 unspecified atom stereocenters. The van der Waals surface area contributed by atoms with E-state index in [9.17, 15) is 14.7 Å². The summed E-state index contributed by atoms with van der Waals surface area (Å²) in [5.74, 6) is 0.483. The van der Waals surface area contributed by atoms with Crippen LogP contribution in [-0.4, -0.2) is 23.7 Å². The van der Waals surface area contributed by atoms with Crippen LogP contribution in [0.4, 0.5) is 0 Å². The van der Waals surface area contributed by atoms with E-state index in [0.717, 1.165) is 4.47 Å². The summed E-state index contributed by atoms with van der Waals surface area (Å²) in [5, 5.41) is 9.68. The van der Waals surface area contributed by atoms with Crippen LogP contribution in [0.15, 0.2) is 28.7 Å². The van der Waals surface area contributed by atoms with Crippen molar-refractivity contribution < 1.29 is 19.4 Å². The molecule has 0 aromatic heterocycles. The van der Waals surface area contributed by atoms with Crippen LogP contribution < -0.4 is 0 Å². The van der Waals surface area contributed by atoms with Crippen LogP contribution >= 0.6 is 15.9 Å². The first kappa shape index (κ1) is 17.3. The largest absolute Gasteiger partial charge is 0.480 e. The van der Waals surface area contributed by atoms with Crippen LogP contribution in [0.25, 0.3) is 0 Å². The van der Waals surface area contributed by atoms with Gasteiger partial charge in [-0.1, -0.05) is 28.1 Å². The summed E-state index contributed by atoms with van der Waals surface area (Å²) >= 11 is 3.29. The molecule has 0 aliphatic heterocycles. The number of rotatable bonds is 7. The fourth-order valence-electron chi connectivity index (χ4n) is 2.13. The highest BCUT2D eigenvalue weighted by Crippen LogP contribution is 2.33. The van der Waals surface area contributed by atoms with Crippen molar-refractivity contribution in [1.29, 1.82) is 0 Å². The van der Waals surface area contributed by atoms with Gasteiger partial charge in [0.05, 0.1) is 6.61 Å². The van der Waals surface area contributed by atoms with Gasteiger partial charge in [0, 0.05) is 10.9 Å². The van der Waals surface area contributed by atoms with E-state index in [1.54, 1.807) is 31.2 Å². The first-order valence-electron chi connectivity index (χ1n) is 6.59. The van der Waals surface area contributed by atoms with Crippen LogP contribution in [-0.2, 0) is 19.7 Å². The number of hydrogen-bond donors (Lipinski definition) is 1. The Morgan fingerprint density at radius 2 is 2.00 bits per heavy atom. The number of esters is 1. The lowest BCUT2D eigenvalue weighted by Gasteiger charge is -2.27. The first-order chi connectivity index (χ1) is 9.98. The van der Waals surface area contributed by atoms with Gasteiger partial charge < -0.3 is 9.84 Å². The van der Waals surface area contributed by atoms with Gasteiger partial charge in [0.25, 0.3) is 0 Å². The fraction of sp³-hybridized carbons (Fsp3) is 0.375. The molecular weight excluding hydrogens is 336 g/mol. The Kier molecular flexibility index (Phi) is 6.44. The molecule has 1 aromatic carbocycles. The SMILES string of the molecule is C#CCCCC(C(=O)O)(C(=O)OCC)c1ccc(Br)cc1. The molecule has 1 N–H and O–H groups in total. The zero-order valence-electron chi connectivity index (χ0n) is 11.8. The summed E-state index contributed by atoms with van der Waals surface area (Å²) in [6, 6.07) is 6.64. The molecular formula is C16H17BrO4. The quantitative estimate of drug-likeness (QED) is 0.354. The lowest BCUT2D eigenvalue weighted by atomic mass is 9.76. The van der Waals surface area contributed by atoms with E-state index >= 15 is 0 Å². The van der Waals surface area contributed by atoms with Gasteiger partial charge in [0.1, 0.15) is 0 Å². The van der Waals surface area contributed by atoms with Gasteiger partial charge in [-0.15, -0.1) is 12.3 Å². The Morgan fingerprint density at radius 1 is 1.38 bits per heavy atom.